The summed E-state index contributed by atoms with van der Waals surface area (Å²) in [5.74, 6) is 1.17. The summed E-state index contributed by atoms with van der Waals surface area (Å²) in [6.07, 6.45) is 1.85. The predicted molar refractivity (Wildman–Crippen MR) is 120 cm³/mol. The Kier molecular flexibility index (Phi) is 6.13. The first-order valence-electron chi connectivity index (χ1n) is 10.8. The third-order valence-electron chi connectivity index (χ3n) is 5.76. The van der Waals surface area contributed by atoms with Crippen molar-refractivity contribution in [2.45, 2.75) is 39.8 Å². The van der Waals surface area contributed by atoms with Crippen molar-refractivity contribution in [1.29, 1.82) is 0 Å². The summed E-state index contributed by atoms with van der Waals surface area (Å²) in [6.45, 7) is 6.75. The molecule has 7 heteroatoms. The Labute approximate surface area is 182 Å². The third-order valence-corrected chi connectivity index (χ3v) is 5.76. The Morgan fingerprint density at radius 2 is 2.06 bits per heavy atom. The van der Waals surface area contributed by atoms with E-state index in [-0.39, 0.29) is 11.7 Å². The Hall–Kier alpha value is -3.06. The van der Waals surface area contributed by atoms with Gasteiger partial charge in [-0.3, -0.25) is 9.89 Å². The van der Waals surface area contributed by atoms with E-state index in [9.17, 15) is 9.90 Å². The third kappa shape index (κ3) is 4.51. The Bertz CT molecular complexity index is 1090. The van der Waals surface area contributed by atoms with Gasteiger partial charge in [-0.15, -0.1) is 0 Å². The molecule has 1 amide bonds. The van der Waals surface area contributed by atoms with Crippen molar-refractivity contribution in [3.8, 4) is 11.5 Å². The molecule has 1 aliphatic heterocycles. The summed E-state index contributed by atoms with van der Waals surface area (Å²) in [6, 6.07) is 9.34. The maximum Gasteiger partial charge on any atom is 0.258 e. The maximum absolute atomic E-state index is 13.3. The second-order valence-corrected chi connectivity index (χ2v) is 8.56. The normalized spacial score (nSPS) is 13.2. The maximum atomic E-state index is 13.3. The summed E-state index contributed by atoms with van der Waals surface area (Å²) < 4.78 is 5.75. The highest BCUT2D eigenvalue weighted by Gasteiger charge is 2.27. The fourth-order valence-corrected chi connectivity index (χ4v) is 3.94. The van der Waals surface area contributed by atoms with Crippen molar-refractivity contribution in [2.75, 3.05) is 20.2 Å². The Morgan fingerprint density at radius 1 is 1.26 bits per heavy atom. The molecule has 164 valence electrons. The van der Waals surface area contributed by atoms with Gasteiger partial charge in [-0.25, -0.2) is 0 Å². The zero-order chi connectivity index (χ0) is 22.0. The zero-order valence-electron chi connectivity index (χ0n) is 18.4. The van der Waals surface area contributed by atoms with Crippen molar-refractivity contribution in [3.05, 3.63) is 52.7 Å². The minimum absolute atomic E-state index is 0.0244. The van der Waals surface area contributed by atoms with Gasteiger partial charge >= 0.3 is 0 Å². The largest absolute Gasteiger partial charge is 0.507 e. The van der Waals surface area contributed by atoms with E-state index >= 15 is 0 Å². The molecule has 1 aliphatic rings. The number of aromatic hydroxyl groups is 1. The monoisotopic (exact) mass is 422 g/mol. The molecule has 2 aromatic carbocycles. The van der Waals surface area contributed by atoms with E-state index in [0.717, 1.165) is 52.9 Å². The molecule has 1 aromatic heterocycles. The van der Waals surface area contributed by atoms with Crippen LogP contribution >= 0.6 is 0 Å². The highest BCUT2D eigenvalue weighted by molar-refractivity contribution is 6.01. The number of nitrogens with one attached hydrogen (secondary N) is 2. The first kappa shape index (κ1) is 21.2. The van der Waals surface area contributed by atoms with Gasteiger partial charge in [0, 0.05) is 31.1 Å². The van der Waals surface area contributed by atoms with Crippen molar-refractivity contribution < 1.29 is 14.6 Å². The standard InChI is InChI=1S/C24H30N4O3/c1-15(2)4-7-21-19-11-20(23(29)12-22(19)27-26-21)24(30)28-13-16-5-6-18(10-17(16)14-28)31-9-8-25-3/h5-6,10-12,15,25,29H,4,7-9,13-14H2,1-3H3,(H,26,27). The van der Waals surface area contributed by atoms with Crippen LogP contribution in [-0.2, 0) is 19.5 Å². The number of aromatic nitrogens is 2. The van der Waals surface area contributed by atoms with Crippen molar-refractivity contribution in [2.24, 2.45) is 5.92 Å². The summed E-state index contributed by atoms with van der Waals surface area (Å²) >= 11 is 0. The van der Waals surface area contributed by atoms with Crippen molar-refractivity contribution in [1.82, 2.24) is 20.4 Å². The van der Waals surface area contributed by atoms with Crippen LogP contribution < -0.4 is 10.1 Å². The molecule has 0 aliphatic carbocycles. The highest BCUT2D eigenvalue weighted by Crippen LogP contribution is 2.32. The van der Waals surface area contributed by atoms with Crippen molar-refractivity contribution >= 4 is 16.8 Å². The van der Waals surface area contributed by atoms with Gasteiger partial charge in [0.15, 0.2) is 0 Å². The number of phenolic OH excluding ortho intramolecular Hbond substituents is 1. The van der Waals surface area contributed by atoms with Crippen LogP contribution in [0.1, 0.15) is 47.4 Å². The number of ether oxygens (including phenoxy) is 1. The number of aryl methyl sites for hydroxylation is 1. The molecule has 4 rings (SSSR count). The molecule has 3 aromatic rings. The van der Waals surface area contributed by atoms with Crippen LogP contribution in [0, 0.1) is 5.92 Å². The summed E-state index contributed by atoms with van der Waals surface area (Å²) in [5.41, 5.74) is 4.19. The lowest BCUT2D eigenvalue weighted by molar-refractivity contribution is 0.0748. The molecule has 2 heterocycles. The van der Waals surface area contributed by atoms with E-state index in [0.29, 0.717) is 31.2 Å². The Morgan fingerprint density at radius 3 is 2.84 bits per heavy atom. The van der Waals surface area contributed by atoms with Gasteiger partial charge in [-0.2, -0.15) is 5.10 Å². The van der Waals surface area contributed by atoms with Gasteiger partial charge in [-0.05, 0) is 55.1 Å². The van der Waals surface area contributed by atoms with E-state index < -0.39 is 0 Å². The van der Waals surface area contributed by atoms with Crippen LogP contribution in [0.4, 0.5) is 0 Å². The number of hydrogen-bond donors (Lipinski definition) is 3. The van der Waals surface area contributed by atoms with Gasteiger partial charge in [0.2, 0.25) is 0 Å². The average molecular weight is 423 g/mol. The van der Waals surface area contributed by atoms with Gasteiger partial charge in [0.25, 0.3) is 5.91 Å². The molecule has 31 heavy (non-hydrogen) atoms. The first-order valence-corrected chi connectivity index (χ1v) is 10.8. The number of nitrogens with zero attached hydrogens (tertiary/aromatic N) is 2. The number of carbonyl (C=O) groups is 1. The molecule has 0 spiro atoms. The summed E-state index contributed by atoms with van der Waals surface area (Å²) in [7, 11) is 1.89. The van der Waals surface area contributed by atoms with Crippen LogP contribution in [0.2, 0.25) is 0 Å². The fraction of sp³-hybridized carbons (Fsp3) is 0.417. The van der Waals surface area contributed by atoms with E-state index in [1.165, 1.54) is 0 Å². The number of phenols is 1. The molecular formula is C24H30N4O3. The quantitative estimate of drug-likeness (QED) is 0.483. The molecule has 0 fully saturated rings. The number of amides is 1. The lowest BCUT2D eigenvalue weighted by atomic mass is 10.0. The molecular weight excluding hydrogens is 392 g/mol. The van der Waals surface area contributed by atoms with Crippen molar-refractivity contribution in [3.63, 3.8) is 0 Å². The number of carbonyl (C=O) groups excluding carboxylic acids is 1. The van der Waals surface area contributed by atoms with Crippen LogP contribution in [0.25, 0.3) is 10.9 Å². The van der Waals surface area contributed by atoms with Crippen LogP contribution in [0.15, 0.2) is 30.3 Å². The van der Waals surface area contributed by atoms with Crippen LogP contribution in [-0.4, -0.2) is 46.3 Å². The predicted octanol–water partition coefficient (Wildman–Crippen LogP) is 3.61. The minimum Gasteiger partial charge on any atom is -0.507 e. The molecule has 0 unspecified atom stereocenters. The molecule has 0 bridgehead atoms. The van der Waals surface area contributed by atoms with Gasteiger partial charge < -0.3 is 20.1 Å². The molecule has 0 atom stereocenters. The summed E-state index contributed by atoms with van der Waals surface area (Å²) in [4.78, 5) is 15.0. The number of aromatic amines is 1. The number of likely N-dealkylation sites (N-methyl/N-ethyl adjacent to an activating group) is 1. The summed E-state index contributed by atoms with van der Waals surface area (Å²) in [5, 5.41) is 21.9. The number of hydrogen-bond acceptors (Lipinski definition) is 5. The second-order valence-electron chi connectivity index (χ2n) is 8.56. The van der Waals surface area contributed by atoms with E-state index in [2.05, 4.69) is 29.4 Å². The molecule has 3 N–H and O–H groups in total. The highest BCUT2D eigenvalue weighted by atomic mass is 16.5. The zero-order valence-corrected chi connectivity index (χ0v) is 18.4. The van der Waals surface area contributed by atoms with E-state index in [1.807, 2.05) is 25.2 Å². The van der Waals surface area contributed by atoms with E-state index in [4.69, 9.17) is 4.74 Å². The lowest BCUT2D eigenvalue weighted by Crippen LogP contribution is -2.25. The fourth-order valence-electron chi connectivity index (χ4n) is 3.94. The second kappa shape index (κ2) is 8.98. The SMILES string of the molecule is CNCCOc1ccc2c(c1)CN(C(=O)c1cc3c(CCC(C)C)n[nH]c3cc1O)C2. The van der Waals surface area contributed by atoms with Gasteiger partial charge in [0.05, 0.1) is 16.8 Å². The first-order chi connectivity index (χ1) is 15.0. The minimum atomic E-state index is -0.177. The van der Waals surface area contributed by atoms with E-state index in [1.54, 1.807) is 17.0 Å². The topological polar surface area (TPSA) is 90.5 Å². The average Bonchev–Trinajstić information content (AvgIpc) is 3.34. The van der Waals surface area contributed by atoms with Crippen LogP contribution in [0.3, 0.4) is 0 Å². The smallest absolute Gasteiger partial charge is 0.258 e. The van der Waals surface area contributed by atoms with Gasteiger partial charge in [-0.1, -0.05) is 19.9 Å². The van der Waals surface area contributed by atoms with Gasteiger partial charge in [0.1, 0.15) is 18.1 Å². The number of benzene rings is 2. The number of H-pyrrole nitrogens is 1. The Balaban J connectivity index is 1.53. The molecule has 7 nitrogen and oxygen atoms in total. The number of rotatable bonds is 8. The lowest BCUT2D eigenvalue weighted by Gasteiger charge is -2.16. The molecule has 0 saturated carbocycles. The van der Waals surface area contributed by atoms with Crippen LogP contribution in [0.5, 0.6) is 11.5 Å². The molecule has 0 saturated heterocycles. The number of fused-ring (bicyclic) bond motifs is 2. The molecule has 0 radical (unpaired) electrons.